The minimum atomic E-state index is -1.52. The van der Waals surface area contributed by atoms with Gasteiger partial charge < -0.3 is 49.1 Å². The molecule has 0 spiro atoms. The summed E-state index contributed by atoms with van der Waals surface area (Å²) in [5, 5.41) is 25.7. The van der Waals surface area contributed by atoms with Crippen LogP contribution in [0.15, 0.2) is 35.3 Å². The monoisotopic (exact) mass is 578 g/mol. The zero-order valence-corrected chi connectivity index (χ0v) is 22.5. The molecule has 0 saturated heterocycles. The van der Waals surface area contributed by atoms with Crippen molar-refractivity contribution in [1.82, 2.24) is 16.0 Å². The zero-order chi connectivity index (χ0) is 30.9. The molecule has 0 aliphatic rings. The Hall–Kier alpha value is -4.73. The van der Waals surface area contributed by atoms with Crippen LogP contribution in [-0.2, 0) is 35.2 Å². The van der Waals surface area contributed by atoms with E-state index in [1.54, 1.807) is 30.3 Å². The van der Waals surface area contributed by atoms with Crippen LogP contribution in [0.5, 0.6) is 0 Å². The largest absolute Gasteiger partial charge is 0.481 e. The summed E-state index contributed by atoms with van der Waals surface area (Å²) in [7, 11) is 0. The number of guanidine groups is 1. The highest BCUT2D eigenvalue weighted by molar-refractivity contribution is 5.94. The van der Waals surface area contributed by atoms with Gasteiger partial charge in [0.2, 0.25) is 23.6 Å². The molecule has 0 saturated carbocycles. The van der Waals surface area contributed by atoms with Crippen LogP contribution in [0.25, 0.3) is 0 Å². The van der Waals surface area contributed by atoms with Crippen molar-refractivity contribution in [2.24, 2.45) is 27.9 Å². The van der Waals surface area contributed by atoms with E-state index in [0.29, 0.717) is 12.0 Å². The first kappa shape index (κ1) is 34.3. The SMILES string of the molecule is NC(=O)CCC(NC(=O)C(CCC(=O)O)NC(=O)C(Cc1ccccc1)NC(=O)C(N)CCCN=C(N)N)C(=O)O. The Morgan fingerprint density at radius 3 is 1.88 bits per heavy atom. The summed E-state index contributed by atoms with van der Waals surface area (Å²) >= 11 is 0. The van der Waals surface area contributed by atoms with Gasteiger partial charge in [0, 0.05) is 25.8 Å². The Morgan fingerprint density at radius 2 is 1.32 bits per heavy atom. The lowest BCUT2D eigenvalue weighted by molar-refractivity contribution is -0.143. The first-order valence-corrected chi connectivity index (χ1v) is 12.8. The zero-order valence-electron chi connectivity index (χ0n) is 22.5. The lowest BCUT2D eigenvalue weighted by atomic mass is 10.0. The molecule has 4 atom stereocenters. The molecule has 1 aromatic rings. The number of aliphatic carboxylic acids is 2. The van der Waals surface area contributed by atoms with E-state index >= 15 is 0 Å². The molecular weight excluding hydrogens is 540 g/mol. The number of carboxylic acid groups (broad SMARTS) is 2. The normalized spacial score (nSPS) is 13.5. The number of nitrogens with two attached hydrogens (primary N) is 4. The number of primary amides is 1. The summed E-state index contributed by atoms with van der Waals surface area (Å²) in [4.78, 5) is 76.6. The molecular formula is C25H38N8O8. The number of nitrogens with zero attached hydrogens (tertiary/aromatic N) is 1. The minimum absolute atomic E-state index is 0.00274. The van der Waals surface area contributed by atoms with E-state index < -0.39 is 66.2 Å². The van der Waals surface area contributed by atoms with Gasteiger partial charge >= 0.3 is 11.9 Å². The van der Waals surface area contributed by atoms with Gasteiger partial charge in [-0.2, -0.15) is 0 Å². The molecule has 0 bridgehead atoms. The fourth-order valence-electron chi connectivity index (χ4n) is 3.61. The molecule has 41 heavy (non-hydrogen) atoms. The van der Waals surface area contributed by atoms with Gasteiger partial charge in [0.1, 0.15) is 18.1 Å². The molecule has 4 unspecified atom stereocenters. The van der Waals surface area contributed by atoms with Crippen molar-refractivity contribution in [3.63, 3.8) is 0 Å². The van der Waals surface area contributed by atoms with Crippen molar-refractivity contribution in [2.45, 2.75) is 69.1 Å². The van der Waals surface area contributed by atoms with Crippen LogP contribution in [0.3, 0.4) is 0 Å². The van der Waals surface area contributed by atoms with Crippen molar-refractivity contribution in [3.8, 4) is 0 Å². The van der Waals surface area contributed by atoms with E-state index in [-0.39, 0.29) is 44.6 Å². The quantitative estimate of drug-likeness (QED) is 0.0461. The van der Waals surface area contributed by atoms with Crippen LogP contribution >= 0.6 is 0 Å². The number of aliphatic imine (C=N–C) groups is 1. The molecule has 16 heteroatoms. The van der Waals surface area contributed by atoms with Crippen molar-refractivity contribution in [2.75, 3.05) is 6.54 Å². The van der Waals surface area contributed by atoms with Gasteiger partial charge in [-0.25, -0.2) is 4.79 Å². The summed E-state index contributed by atoms with van der Waals surface area (Å²) in [5.41, 5.74) is 22.2. The molecule has 0 aliphatic carbocycles. The first-order chi connectivity index (χ1) is 19.3. The van der Waals surface area contributed by atoms with Crippen molar-refractivity contribution >= 4 is 41.5 Å². The maximum Gasteiger partial charge on any atom is 0.326 e. The molecule has 0 fully saturated rings. The van der Waals surface area contributed by atoms with Crippen LogP contribution < -0.4 is 38.9 Å². The number of amides is 4. The van der Waals surface area contributed by atoms with E-state index in [1.807, 2.05) is 0 Å². The Labute approximate surface area is 236 Å². The smallest absolute Gasteiger partial charge is 0.326 e. The summed E-state index contributed by atoms with van der Waals surface area (Å²) in [5.74, 6) is -6.08. The predicted molar refractivity (Wildman–Crippen MR) is 147 cm³/mol. The van der Waals surface area contributed by atoms with Gasteiger partial charge in [-0.1, -0.05) is 30.3 Å². The number of benzene rings is 1. The van der Waals surface area contributed by atoms with Gasteiger partial charge in [0.05, 0.1) is 6.04 Å². The van der Waals surface area contributed by atoms with Gasteiger partial charge in [-0.3, -0.25) is 29.0 Å². The molecule has 13 N–H and O–H groups in total. The van der Waals surface area contributed by atoms with E-state index in [0.717, 1.165) is 0 Å². The highest BCUT2D eigenvalue weighted by Crippen LogP contribution is 2.08. The second-order valence-electron chi connectivity index (χ2n) is 9.20. The summed E-state index contributed by atoms with van der Waals surface area (Å²) < 4.78 is 0. The van der Waals surface area contributed by atoms with Crippen LogP contribution in [0.1, 0.15) is 44.1 Å². The van der Waals surface area contributed by atoms with E-state index in [9.17, 15) is 33.9 Å². The predicted octanol–water partition coefficient (Wildman–Crippen LogP) is -2.72. The van der Waals surface area contributed by atoms with E-state index in [2.05, 4.69) is 20.9 Å². The van der Waals surface area contributed by atoms with Crippen LogP contribution in [0.2, 0.25) is 0 Å². The van der Waals surface area contributed by atoms with Crippen molar-refractivity contribution in [3.05, 3.63) is 35.9 Å². The fourth-order valence-corrected chi connectivity index (χ4v) is 3.61. The second kappa shape index (κ2) is 17.8. The van der Waals surface area contributed by atoms with Crippen LogP contribution in [0, 0.1) is 0 Å². The second-order valence-corrected chi connectivity index (χ2v) is 9.20. The third kappa shape index (κ3) is 14.3. The highest BCUT2D eigenvalue weighted by atomic mass is 16.4. The number of carboxylic acids is 2. The van der Waals surface area contributed by atoms with Gasteiger partial charge in [-0.15, -0.1) is 0 Å². The summed E-state index contributed by atoms with van der Waals surface area (Å²) in [6.07, 6.45) is -0.972. The van der Waals surface area contributed by atoms with E-state index in [4.69, 9.17) is 28.0 Å². The molecule has 226 valence electrons. The van der Waals surface area contributed by atoms with Crippen LogP contribution in [0.4, 0.5) is 0 Å². The maximum absolute atomic E-state index is 13.3. The molecule has 0 aliphatic heterocycles. The number of rotatable bonds is 19. The number of carbonyl (C=O) groups is 6. The lowest BCUT2D eigenvalue weighted by Crippen LogP contribution is -2.57. The average molecular weight is 579 g/mol. The lowest BCUT2D eigenvalue weighted by Gasteiger charge is -2.25. The first-order valence-electron chi connectivity index (χ1n) is 12.8. The average Bonchev–Trinajstić information content (AvgIpc) is 2.90. The Kier molecular flexibility index (Phi) is 14.9. The maximum atomic E-state index is 13.3. The number of hydrogen-bond acceptors (Lipinski definition) is 8. The Balaban J connectivity index is 3.09. The van der Waals surface area contributed by atoms with Crippen molar-refractivity contribution in [1.29, 1.82) is 0 Å². The van der Waals surface area contributed by atoms with Crippen LogP contribution in [-0.4, -0.2) is 82.5 Å². The van der Waals surface area contributed by atoms with Gasteiger partial charge in [0.15, 0.2) is 5.96 Å². The molecule has 1 aromatic carbocycles. The van der Waals surface area contributed by atoms with Gasteiger partial charge in [0.25, 0.3) is 0 Å². The fraction of sp³-hybridized carbons (Fsp3) is 0.480. The standard InChI is InChI=1S/C25H38N8O8/c26-15(7-4-12-30-25(28)29)21(37)33-18(13-14-5-2-1-3-6-14)23(39)31-16(9-11-20(35)36)22(38)32-17(24(40)41)8-10-19(27)34/h1-3,5-6,15-18H,4,7-13,26H2,(H2,27,34)(H,31,39)(H,32,38)(H,33,37)(H,35,36)(H,40,41)(H4,28,29,30). The third-order valence-electron chi connectivity index (χ3n) is 5.79. The molecule has 0 aromatic heterocycles. The number of carbonyl (C=O) groups excluding carboxylic acids is 4. The Morgan fingerprint density at radius 1 is 0.756 bits per heavy atom. The highest BCUT2D eigenvalue weighted by Gasteiger charge is 2.31. The molecule has 16 nitrogen and oxygen atoms in total. The van der Waals surface area contributed by atoms with Crippen molar-refractivity contribution < 1.29 is 39.0 Å². The topological polar surface area (TPSA) is 295 Å². The molecule has 4 amide bonds. The van der Waals surface area contributed by atoms with E-state index in [1.165, 1.54) is 0 Å². The molecule has 0 heterocycles. The molecule has 1 rings (SSSR count). The number of nitrogens with one attached hydrogen (secondary N) is 3. The molecule has 0 radical (unpaired) electrons. The Bertz CT molecular complexity index is 1090. The summed E-state index contributed by atoms with van der Waals surface area (Å²) in [6, 6.07) is 3.41. The summed E-state index contributed by atoms with van der Waals surface area (Å²) in [6.45, 7) is 0.244. The third-order valence-corrected chi connectivity index (χ3v) is 5.79. The minimum Gasteiger partial charge on any atom is -0.481 e. The van der Waals surface area contributed by atoms with Gasteiger partial charge in [-0.05, 0) is 31.2 Å². The number of hydrogen-bond donors (Lipinski definition) is 9.